The van der Waals surface area contributed by atoms with Gasteiger partial charge in [-0.05, 0) is 47.9 Å². The number of benzene rings is 2. The molecule has 0 fully saturated rings. The molecule has 0 aromatic heterocycles. The fraction of sp³-hybridized carbons (Fsp3) is 0.143. The Kier molecular flexibility index (Phi) is 3.38. The van der Waals surface area contributed by atoms with Gasteiger partial charge in [-0.15, -0.1) is 13.2 Å². The number of halogens is 3. The van der Waals surface area contributed by atoms with E-state index in [4.69, 9.17) is 0 Å². The molecule has 0 saturated carbocycles. The van der Waals surface area contributed by atoms with Gasteiger partial charge in [-0.25, -0.2) is 0 Å². The molecule has 0 amide bonds. The highest BCUT2D eigenvalue weighted by Crippen LogP contribution is 2.30. The molecular formula is C14H11F3O2. The molecule has 2 rings (SSSR count). The minimum absolute atomic E-state index is 0.115. The summed E-state index contributed by atoms with van der Waals surface area (Å²) in [6.45, 7) is 1.77. The average Bonchev–Trinajstić information content (AvgIpc) is 2.26. The van der Waals surface area contributed by atoms with Crippen molar-refractivity contribution in [2.75, 3.05) is 0 Å². The largest absolute Gasteiger partial charge is 0.573 e. The number of alkyl halides is 3. The summed E-state index contributed by atoms with van der Waals surface area (Å²) < 4.78 is 40.3. The second-order valence-electron chi connectivity index (χ2n) is 4.07. The molecule has 0 aliphatic carbocycles. The number of aromatic hydroxyl groups is 1. The molecule has 2 aromatic rings. The van der Waals surface area contributed by atoms with Gasteiger partial charge in [0.15, 0.2) is 0 Å². The first-order valence-electron chi connectivity index (χ1n) is 5.51. The number of aryl methyl sites for hydroxylation is 1. The zero-order valence-electron chi connectivity index (χ0n) is 10.0. The molecule has 5 heteroatoms. The van der Waals surface area contributed by atoms with Crippen LogP contribution in [0.2, 0.25) is 0 Å². The molecule has 0 aliphatic rings. The Bertz CT molecular complexity index is 591. The fourth-order valence-corrected chi connectivity index (χ4v) is 1.83. The van der Waals surface area contributed by atoms with Crippen LogP contribution in [0.3, 0.4) is 0 Å². The summed E-state index contributed by atoms with van der Waals surface area (Å²) in [4.78, 5) is 0. The predicted molar refractivity (Wildman–Crippen MR) is 65.0 cm³/mol. The second-order valence-corrected chi connectivity index (χ2v) is 4.07. The zero-order chi connectivity index (χ0) is 14.0. The van der Waals surface area contributed by atoms with E-state index in [0.29, 0.717) is 5.56 Å². The Balaban J connectivity index is 2.38. The maximum absolute atomic E-state index is 12.2. The third-order valence-corrected chi connectivity index (χ3v) is 2.59. The first kappa shape index (κ1) is 13.3. The molecule has 0 atom stereocenters. The number of phenolic OH excluding ortho intramolecular Hbond substituents is 1. The van der Waals surface area contributed by atoms with Gasteiger partial charge in [0.25, 0.3) is 0 Å². The van der Waals surface area contributed by atoms with Crippen molar-refractivity contribution in [3.63, 3.8) is 0 Å². The molecule has 2 aromatic carbocycles. The van der Waals surface area contributed by atoms with Gasteiger partial charge in [0.1, 0.15) is 11.5 Å². The monoisotopic (exact) mass is 268 g/mol. The first-order valence-corrected chi connectivity index (χ1v) is 5.51. The molecule has 100 valence electrons. The lowest BCUT2D eigenvalue weighted by Gasteiger charge is -2.11. The van der Waals surface area contributed by atoms with Gasteiger partial charge in [0, 0.05) is 0 Å². The Hall–Kier alpha value is -2.17. The van der Waals surface area contributed by atoms with Crippen LogP contribution in [0.25, 0.3) is 11.1 Å². The van der Waals surface area contributed by atoms with E-state index in [-0.39, 0.29) is 11.5 Å². The third-order valence-electron chi connectivity index (χ3n) is 2.59. The van der Waals surface area contributed by atoms with Crippen LogP contribution in [0, 0.1) is 6.92 Å². The highest BCUT2D eigenvalue weighted by Gasteiger charge is 2.31. The van der Waals surface area contributed by atoms with Crippen LogP contribution in [0.1, 0.15) is 5.56 Å². The van der Waals surface area contributed by atoms with Gasteiger partial charge < -0.3 is 9.84 Å². The highest BCUT2D eigenvalue weighted by atomic mass is 19.4. The van der Waals surface area contributed by atoms with Gasteiger partial charge in [-0.2, -0.15) is 0 Å². The van der Waals surface area contributed by atoms with Crippen LogP contribution in [0.5, 0.6) is 11.5 Å². The topological polar surface area (TPSA) is 29.5 Å². The van der Waals surface area contributed by atoms with Crippen molar-refractivity contribution in [2.24, 2.45) is 0 Å². The highest BCUT2D eigenvalue weighted by molar-refractivity contribution is 5.69. The predicted octanol–water partition coefficient (Wildman–Crippen LogP) is 4.27. The normalized spacial score (nSPS) is 11.4. The van der Waals surface area contributed by atoms with E-state index in [1.807, 2.05) is 0 Å². The van der Waals surface area contributed by atoms with Gasteiger partial charge in [-0.3, -0.25) is 0 Å². The SMILES string of the molecule is Cc1cc(O)ccc1-c1cccc(OC(F)(F)F)c1. The maximum atomic E-state index is 12.2. The second kappa shape index (κ2) is 4.84. The number of phenols is 1. The van der Waals surface area contributed by atoms with Crippen molar-refractivity contribution in [3.8, 4) is 22.6 Å². The van der Waals surface area contributed by atoms with E-state index in [9.17, 15) is 18.3 Å². The Morgan fingerprint density at radius 2 is 1.79 bits per heavy atom. The fourth-order valence-electron chi connectivity index (χ4n) is 1.83. The van der Waals surface area contributed by atoms with Crippen LogP contribution in [-0.2, 0) is 0 Å². The summed E-state index contributed by atoms with van der Waals surface area (Å²) in [6, 6.07) is 10.4. The molecule has 0 radical (unpaired) electrons. The summed E-state index contributed by atoms with van der Waals surface area (Å²) in [6.07, 6.45) is -4.71. The Morgan fingerprint density at radius 3 is 2.42 bits per heavy atom. The molecule has 0 bridgehead atoms. The lowest BCUT2D eigenvalue weighted by Crippen LogP contribution is -2.17. The molecule has 0 unspecified atom stereocenters. The van der Waals surface area contributed by atoms with Crippen molar-refractivity contribution in [1.29, 1.82) is 0 Å². The van der Waals surface area contributed by atoms with E-state index < -0.39 is 6.36 Å². The number of rotatable bonds is 2. The number of hydrogen-bond donors (Lipinski definition) is 1. The van der Waals surface area contributed by atoms with Crippen LogP contribution >= 0.6 is 0 Å². The Morgan fingerprint density at radius 1 is 1.05 bits per heavy atom. The molecule has 1 N–H and O–H groups in total. The quantitative estimate of drug-likeness (QED) is 0.881. The van der Waals surface area contributed by atoms with E-state index in [1.54, 1.807) is 25.1 Å². The molecule has 19 heavy (non-hydrogen) atoms. The van der Waals surface area contributed by atoms with Crippen LogP contribution in [-0.4, -0.2) is 11.5 Å². The summed E-state index contributed by atoms with van der Waals surface area (Å²) in [5.41, 5.74) is 2.11. The summed E-state index contributed by atoms with van der Waals surface area (Å²) in [5, 5.41) is 9.32. The van der Waals surface area contributed by atoms with Crippen molar-refractivity contribution >= 4 is 0 Å². The first-order chi connectivity index (χ1) is 8.85. The van der Waals surface area contributed by atoms with Crippen LogP contribution < -0.4 is 4.74 Å². The molecule has 0 heterocycles. The van der Waals surface area contributed by atoms with Crippen molar-refractivity contribution in [2.45, 2.75) is 13.3 Å². The zero-order valence-corrected chi connectivity index (χ0v) is 10.0. The van der Waals surface area contributed by atoms with Gasteiger partial charge in [-0.1, -0.05) is 18.2 Å². The number of hydrogen-bond acceptors (Lipinski definition) is 2. The summed E-state index contributed by atoms with van der Waals surface area (Å²) in [7, 11) is 0. The third kappa shape index (κ3) is 3.40. The van der Waals surface area contributed by atoms with E-state index in [0.717, 1.165) is 11.1 Å². The van der Waals surface area contributed by atoms with E-state index >= 15 is 0 Å². The molecule has 0 spiro atoms. The lowest BCUT2D eigenvalue weighted by molar-refractivity contribution is -0.274. The maximum Gasteiger partial charge on any atom is 0.573 e. The molecular weight excluding hydrogens is 257 g/mol. The van der Waals surface area contributed by atoms with Crippen LogP contribution in [0.15, 0.2) is 42.5 Å². The average molecular weight is 268 g/mol. The minimum atomic E-state index is -4.71. The molecule has 2 nitrogen and oxygen atoms in total. The van der Waals surface area contributed by atoms with Crippen molar-refractivity contribution < 1.29 is 23.0 Å². The van der Waals surface area contributed by atoms with Crippen LogP contribution in [0.4, 0.5) is 13.2 Å². The minimum Gasteiger partial charge on any atom is -0.508 e. The Labute approximate surface area is 108 Å². The van der Waals surface area contributed by atoms with Crippen molar-refractivity contribution in [3.05, 3.63) is 48.0 Å². The molecule has 0 saturated heterocycles. The lowest BCUT2D eigenvalue weighted by atomic mass is 10.0. The summed E-state index contributed by atoms with van der Waals surface area (Å²) in [5.74, 6) is -0.151. The number of ether oxygens (including phenoxy) is 1. The smallest absolute Gasteiger partial charge is 0.508 e. The molecule has 0 aliphatic heterocycles. The van der Waals surface area contributed by atoms with Gasteiger partial charge in [0.05, 0.1) is 0 Å². The van der Waals surface area contributed by atoms with Gasteiger partial charge >= 0.3 is 6.36 Å². The van der Waals surface area contributed by atoms with E-state index in [1.165, 1.54) is 24.3 Å². The van der Waals surface area contributed by atoms with Crippen molar-refractivity contribution in [1.82, 2.24) is 0 Å². The van der Waals surface area contributed by atoms with E-state index in [2.05, 4.69) is 4.74 Å². The van der Waals surface area contributed by atoms with Gasteiger partial charge in [0.2, 0.25) is 0 Å². The summed E-state index contributed by atoms with van der Waals surface area (Å²) >= 11 is 0. The standard InChI is InChI=1S/C14H11F3O2/c1-9-7-11(18)5-6-13(9)10-3-2-4-12(8-10)19-14(15,16)17/h2-8,18H,1H3.